The lowest BCUT2D eigenvalue weighted by Crippen LogP contribution is -2.52. The van der Waals surface area contributed by atoms with Crippen LogP contribution in [0.25, 0.3) is 6.08 Å². The number of ketones is 1. The summed E-state index contributed by atoms with van der Waals surface area (Å²) in [4.78, 5) is 63.8. The zero-order valence-electron chi connectivity index (χ0n) is 75.0. The highest BCUT2D eigenvalue weighted by molar-refractivity contribution is 8.77. The van der Waals surface area contributed by atoms with Gasteiger partial charge in [0.05, 0.1) is 58.6 Å². The number of aromatic nitrogens is 3. The van der Waals surface area contributed by atoms with Crippen molar-refractivity contribution in [1.82, 2.24) is 20.3 Å². The van der Waals surface area contributed by atoms with Crippen molar-refractivity contribution in [2.24, 2.45) is 102 Å². The highest BCUT2D eigenvalue weighted by Crippen LogP contribution is 2.49. The number of aliphatic hydroxyl groups is 3. The maximum absolute atomic E-state index is 14.0. The standard InChI is InChI=1S/C33H54N2O5S.C22H37NO2S2.C14H27ClO2.C13H28O.C7H10N2S2/c1-19(15-23-18-41-22(4)34-23)24-16-26-33(11,40-26)14-12-13-30(5,6)20(2)28(38)21(3)31(7,8)29(39)32(9,10)25(36)17-27(37)35-24;1-16(21(3,4)5)20(17(2)22(6,7)8)25-19(24)13-11-15-26-27-18-12-9-10-14-23-18;1-9(13(3,4)5)11(17-12(15)16)10(2)14(6,7)8;1-9(12(3,4)5)11(14)10(2)13(6,7)8;8-4-6-10-11-7-3-1-2-5-9-7/h15,18,20-21,24-26,28,36,38H,12-14,16-17H2,1-11H3,(H,35,37);9-10,12,14,16-17,20H,11,13,15H2,1-8H3;9-11H,1-8H3;9-11,14H,1-8H3;1-3,5H,4,6,8H2/b19-15+;;;;/t20-,21-,24+,25+,26?,28+,33-;16-,17-;2*9-,10-;/m1111./s1. The number of hydrogen-bond acceptors (Lipinski definition) is 19. The molecule has 2 fully saturated rings. The Balaban J connectivity index is 0.000000752. The first kappa shape index (κ1) is 105. The van der Waals surface area contributed by atoms with E-state index < -0.39 is 28.5 Å². The Hall–Kier alpha value is -2.76. The lowest BCUT2D eigenvalue weighted by Gasteiger charge is -2.45. The Bertz CT molecular complexity index is 3160. The van der Waals surface area contributed by atoms with E-state index >= 15 is 0 Å². The molecule has 5 heterocycles. The van der Waals surface area contributed by atoms with E-state index in [-0.39, 0.29) is 122 Å². The van der Waals surface area contributed by atoms with Crippen molar-refractivity contribution in [3.05, 3.63) is 70.4 Å². The normalized spacial score (nSPS) is 23.4. The smallest absolute Gasteiger partial charge is 0.404 e. The first-order valence-corrected chi connectivity index (χ1v) is 46.2. The van der Waals surface area contributed by atoms with Crippen LogP contribution in [-0.2, 0) is 28.6 Å². The number of esters is 1. The SMILES string of the molecule is C/C(=C\c1csc(C)n1)[C@@H]1CC2O[C@]2(C)CCCC(C)(C)[C@H](C)[C@H](O)[C@@H](C)C(C)(C)C(=O)C(C)(C)[C@@H](O)CC(=O)N1.C[C@H](C(O)[C@@H](C)C(C)(C)C)C(C)(C)C.C[C@H](C(OC(=O)CCCSSc1ccccn1)[C@@H](C)C(C)(C)C)C(C)(C)C.C[C@H](C(OC(=O)Cl)[C@@H](C)C(C)(C)C)C(C)(C)C.NCCSSc1ccccn1. The van der Waals surface area contributed by atoms with Crippen molar-refractivity contribution < 1.29 is 48.7 Å². The van der Waals surface area contributed by atoms with Crippen LogP contribution in [-0.4, -0.2) is 120 Å². The van der Waals surface area contributed by atoms with Gasteiger partial charge >= 0.3 is 11.4 Å². The second-order valence-corrected chi connectivity index (χ2v) is 46.3. The number of nitrogens with zero attached hydrogens (tertiary/aromatic N) is 3. The number of rotatable bonds is 20. The first-order chi connectivity index (χ1) is 49.9. The van der Waals surface area contributed by atoms with Gasteiger partial charge < -0.3 is 40.6 Å². The number of aliphatic hydroxyl groups excluding tert-OH is 3. The fourth-order valence-electron chi connectivity index (χ4n) is 12.8. The number of halogens is 1. The number of hydrogen-bond donors (Lipinski definition) is 5. The van der Waals surface area contributed by atoms with Crippen LogP contribution < -0.4 is 11.1 Å². The summed E-state index contributed by atoms with van der Waals surface area (Å²) in [6.07, 6.45) is 7.78. The van der Waals surface area contributed by atoms with Gasteiger partial charge in [0.1, 0.15) is 28.0 Å². The van der Waals surface area contributed by atoms with Crippen molar-refractivity contribution in [3.63, 3.8) is 0 Å². The topological polar surface area (TPSA) is 237 Å². The molecule has 0 aromatic carbocycles. The number of fused-ring (bicyclic) bond motifs is 1. The molecule has 1 unspecified atom stereocenters. The van der Waals surface area contributed by atoms with E-state index in [1.165, 1.54) is 0 Å². The fraction of sp³-hybridized carbons (Fsp3) is 0.787. The molecule has 0 spiro atoms. The van der Waals surface area contributed by atoms with Crippen LogP contribution in [0.2, 0.25) is 0 Å². The van der Waals surface area contributed by atoms with Crippen molar-refractivity contribution in [2.75, 3.05) is 18.1 Å². The van der Waals surface area contributed by atoms with E-state index in [1.807, 2.05) is 82.5 Å². The maximum Gasteiger partial charge on any atom is 0.404 e. The molecule has 5 rings (SSSR count). The quantitative estimate of drug-likeness (QED) is 0.0232. The van der Waals surface area contributed by atoms with Crippen molar-refractivity contribution in [1.29, 1.82) is 0 Å². The second kappa shape index (κ2) is 45.3. The molecule has 0 radical (unpaired) electrons. The maximum atomic E-state index is 14.0. The van der Waals surface area contributed by atoms with Crippen LogP contribution in [0.5, 0.6) is 0 Å². The average Bonchev–Trinajstić information content (AvgIpc) is 1.52. The third-order valence-corrected chi connectivity index (χ3v) is 30.2. The van der Waals surface area contributed by atoms with Crippen LogP contribution >= 0.6 is 66.1 Å². The Morgan fingerprint density at radius 1 is 0.673 bits per heavy atom. The molecule has 3 aromatic heterocycles. The van der Waals surface area contributed by atoms with Gasteiger partial charge in [0, 0.05) is 65.7 Å². The highest BCUT2D eigenvalue weighted by atomic mass is 35.5. The number of nitrogens with two attached hydrogens (primary N) is 1. The van der Waals surface area contributed by atoms with E-state index in [0.717, 1.165) is 70.1 Å². The van der Waals surface area contributed by atoms with Gasteiger partial charge in [0.15, 0.2) is 0 Å². The van der Waals surface area contributed by atoms with Crippen molar-refractivity contribution in [2.45, 2.75) is 346 Å². The van der Waals surface area contributed by atoms with E-state index in [1.54, 1.807) is 80.8 Å². The minimum atomic E-state index is -1.18. The summed E-state index contributed by atoms with van der Waals surface area (Å²) >= 11 is 6.98. The Morgan fingerprint density at radius 2 is 1.11 bits per heavy atom. The molecule has 2 aliphatic rings. The van der Waals surface area contributed by atoms with Gasteiger partial charge in [0.25, 0.3) is 0 Å². The molecular formula is C89H156ClN5O10S5. The van der Waals surface area contributed by atoms with E-state index in [0.29, 0.717) is 36.5 Å². The van der Waals surface area contributed by atoms with Gasteiger partial charge in [-0.3, -0.25) is 14.4 Å². The van der Waals surface area contributed by atoms with Gasteiger partial charge in [0.2, 0.25) is 5.91 Å². The molecule has 0 aliphatic carbocycles. The van der Waals surface area contributed by atoms with Gasteiger partial charge in [-0.25, -0.2) is 19.7 Å². The Morgan fingerprint density at radius 3 is 1.50 bits per heavy atom. The largest absolute Gasteiger partial charge is 0.462 e. The number of carbonyl (C=O) groups excluding carboxylic acids is 4. The van der Waals surface area contributed by atoms with Gasteiger partial charge in [-0.15, -0.1) is 11.3 Å². The lowest BCUT2D eigenvalue weighted by atomic mass is 9.60. The van der Waals surface area contributed by atoms with Gasteiger partial charge in [-0.1, -0.05) is 255 Å². The predicted molar refractivity (Wildman–Crippen MR) is 473 cm³/mol. The third-order valence-electron chi connectivity index (χ3n) is 24.7. The van der Waals surface area contributed by atoms with E-state index in [2.05, 4.69) is 214 Å². The summed E-state index contributed by atoms with van der Waals surface area (Å²) < 4.78 is 17.6. The van der Waals surface area contributed by atoms with Crippen LogP contribution in [0.1, 0.15) is 291 Å². The molecule has 110 heavy (non-hydrogen) atoms. The molecule has 0 saturated carbocycles. The van der Waals surface area contributed by atoms with Crippen LogP contribution in [0, 0.1) is 103 Å². The molecule has 15 nitrogen and oxygen atoms in total. The summed E-state index contributed by atoms with van der Waals surface area (Å²) in [6, 6.07) is 11.5. The first-order valence-electron chi connectivity index (χ1n) is 40.3. The number of carbonyl (C=O) groups is 4. The molecule has 1 amide bonds. The summed E-state index contributed by atoms with van der Waals surface area (Å²) in [5, 5.41) is 41.2. The molecule has 634 valence electrons. The number of amides is 1. The van der Waals surface area contributed by atoms with Crippen LogP contribution in [0.15, 0.2) is 69.8 Å². The van der Waals surface area contributed by atoms with Crippen molar-refractivity contribution >= 4 is 95.3 Å². The minimum absolute atomic E-state index is 0.00194. The lowest BCUT2D eigenvalue weighted by molar-refractivity contribution is -0.160. The summed E-state index contributed by atoms with van der Waals surface area (Å²) in [5.41, 5.74) is 4.68. The summed E-state index contributed by atoms with van der Waals surface area (Å²) in [5.74, 6) is 2.71. The molecule has 0 bridgehead atoms. The summed E-state index contributed by atoms with van der Waals surface area (Å²) in [7, 11) is 6.80. The fourth-order valence-corrected chi connectivity index (χ4v) is 17.2. The van der Waals surface area contributed by atoms with Crippen molar-refractivity contribution in [3.8, 4) is 0 Å². The number of thiazole rings is 1. The van der Waals surface area contributed by atoms with E-state index in [9.17, 15) is 34.5 Å². The number of epoxide rings is 1. The predicted octanol–water partition coefficient (Wildman–Crippen LogP) is 23.6. The number of pyridine rings is 2. The monoisotopic (exact) mass is 1650 g/mol. The zero-order valence-corrected chi connectivity index (χ0v) is 79.9. The second-order valence-electron chi connectivity index (χ2n) is 40.1. The van der Waals surface area contributed by atoms with Crippen LogP contribution in [0.4, 0.5) is 4.79 Å². The molecule has 3 aromatic rings. The Labute approximate surface area is 695 Å². The van der Waals surface area contributed by atoms with Gasteiger partial charge in [-0.05, 0) is 189 Å². The molecule has 2 aliphatic heterocycles. The average molecular weight is 1650 g/mol. The van der Waals surface area contributed by atoms with E-state index in [4.69, 9.17) is 31.5 Å². The third kappa shape index (κ3) is 36.0. The number of aryl methyl sites for hydroxylation is 1. The zero-order chi connectivity index (χ0) is 85.5. The molecule has 21 heteroatoms. The number of ether oxygens (including phenoxy) is 3. The molecule has 2 saturated heterocycles. The highest BCUT2D eigenvalue weighted by Gasteiger charge is 2.54. The number of Topliss-reactive ketones (excluding diaryl/α,β-unsaturated/α-hetero) is 1. The number of nitrogens with one attached hydrogen (secondary N) is 1. The minimum Gasteiger partial charge on any atom is -0.462 e. The molecule has 13 atom stereocenters. The van der Waals surface area contributed by atoms with Crippen LogP contribution in [0.3, 0.4) is 0 Å². The molecular weight excluding hydrogens is 1490 g/mol. The molecule has 6 N–H and O–H groups in total. The van der Waals surface area contributed by atoms with Gasteiger partial charge in [-0.2, -0.15) is 0 Å². The Kier molecular flexibility index (Phi) is 43.3. The summed E-state index contributed by atoms with van der Waals surface area (Å²) in [6.45, 7) is 74.7.